The molecule has 0 saturated heterocycles. The largest absolute Gasteiger partial charge is 0.510 e. The third-order valence-electron chi connectivity index (χ3n) is 3.91. The zero-order chi connectivity index (χ0) is 15.2. The fourth-order valence-electron chi connectivity index (χ4n) is 2.22. The second-order valence-corrected chi connectivity index (χ2v) is 5.15. The number of hydrogen-bond donors (Lipinski definition) is 0. The van der Waals surface area contributed by atoms with Crippen LogP contribution < -0.4 is 0 Å². The maximum atomic E-state index is 12.7. The lowest BCUT2D eigenvalue weighted by atomic mass is 9.79. The Balaban J connectivity index is 2.03. The fraction of sp³-hybridized carbons (Fsp3) is 0.909. The molecule has 2 rings (SSSR count). The highest BCUT2D eigenvalue weighted by Gasteiger charge is 2.65. The summed E-state index contributed by atoms with van der Waals surface area (Å²) in [5, 5.41) is 0. The number of rotatable bonds is 2. The summed E-state index contributed by atoms with van der Waals surface area (Å²) in [5.41, 5.74) is -5.39. The summed E-state index contributed by atoms with van der Waals surface area (Å²) in [5.74, 6) is 0. The highest BCUT2D eigenvalue weighted by Crippen LogP contribution is 2.51. The van der Waals surface area contributed by atoms with Gasteiger partial charge in [0.05, 0.1) is 0 Å². The minimum atomic E-state index is -4.81. The first kappa shape index (κ1) is 15.2. The van der Waals surface area contributed by atoms with Crippen molar-refractivity contribution < 1.29 is 40.6 Å². The van der Waals surface area contributed by atoms with Gasteiger partial charge in [-0.1, -0.05) is 0 Å². The molecular formula is C11H12F6O3. The van der Waals surface area contributed by atoms with Crippen molar-refractivity contribution in [2.75, 3.05) is 0 Å². The first-order valence-corrected chi connectivity index (χ1v) is 6.07. The van der Waals surface area contributed by atoms with Gasteiger partial charge in [-0.05, 0) is 38.5 Å². The summed E-state index contributed by atoms with van der Waals surface area (Å²) in [6, 6.07) is 0. The maximum Gasteiger partial charge on any atom is 0.510 e. The van der Waals surface area contributed by atoms with Gasteiger partial charge in [0.25, 0.3) is 0 Å². The monoisotopic (exact) mass is 306 g/mol. The van der Waals surface area contributed by atoms with E-state index in [1.54, 1.807) is 0 Å². The quantitative estimate of drug-likeness (QED) is 0.569. The van der Waals surface area contributed by atoms with E-state index in [4.69, 9.17) is 0 Å². The van der Waals surface area contributed by atoms with Crippen LogP contribution >= 0.6 is 0 Å². The van der Waals surface area contributed by atoms with Crippen LogP contribution in [0, 0.1) is 0 Å². The Labute approximate surface area is 110 Å². The van der Waals surface area contributed by atoms with Gasteiger partial charge in [-0.2, -0.15) is 26.3 Å². The molecule has 2 aliphatic rings. The molecule has 116 valence electrons. The molecule has 0 aromatic heterocycles. The summed E-state index contributed by atoms with van der Waals surface area (Å²) in [7, 11) is 0. The summed E-state index contributed by atoms with van der Waals surface area (Å²) in [4.78, 5) is 11.3. The summed E-state index contributed by atoms with van der Waals surface area (Å²) in [6.45, 7) is 0. The van der Waals surface area contributed by atoms with E-state index in [1.165, 1.54) is 0 Å². The smallest absolute Gasteiger partial charge is 0.418 e. The first-order chi connectivity index (χ1) is 9.02. The summed E-state index contributed by atoms with van der Waals surface area (Å²) >= 11 is 0. The number of alkyl halides is 6. The van der Waals surface area contributed by atoms with Gasteiger partial charge in [-0.25, -0.2) is 4.79 Å². The van der Waals surface area contributed by atoms with Crippen molar-refractivity contribution in [2.45, 2.75) is 62.1 Å². The summed E-state index contributed by atoms with van der Waals surface area (Å²) in [6.07, 6.45) is -13.0. The molecule has 0 unspecified atom stereocenters. The molecule has 2 fully saturated rings. The predicted octanol–water partition coefficient (Wildman–Crippen LogP) is 4.11. The average Bonchev–Trinajstić information content (AvgIpc) is 2.13. The number of carbonyl (C=O) groups is 1. The first-order valence-electron chi connectivity index (χ1n) is 6.07. The topological polar surface area (TPSA) is 35.5 Å². The van der Waals surface area contributed by atoms with E-state index in [2.05, 4.69) is 9.47 Å². The Morgan fingerprint density at radius 3 is 1.20 bits per heavy atom. The van der Waals surface area contributed by atoms with E-state index < -0.39 is 55.4 Å². The van der Waals surface area contributed by atoms with Crippen molar-refractivity contribution in [1.29, 1.82) is 0 Å². The van der Waals surface area contributed by atoms with Crippen molar-refractivity contribution in [3.63, 3.8) is 0 Å². The molecular weight excluding hydrogens is 294 g/mol. The Bertz CT molecular complexity index is 356. The number of ether oxygens (including phenoxy) is 2. The van der Waals surface area contributed by atoms with Crippen molar-refractivity contribution >= 4 is 6.16 Å². The van der Waals surface area contributed by atoms with Crippen LogP contribution in [0.3, 0.4) is 0 Å². The van der Waals surface area contributed by atoms with E-state index in [0.29, 0.717) is 0 Å². The molecule has 2 aliphatic carbocycles. The zero-order valence-electron chi connectivity index (χ0n) is 10.2. The van der Waals surface area contributed by atoms with E-state index >= 15 is 0 Å². The molecule has 20 heavy (non-hydrogen) atoms. The lowest BCUT2D eigenvalue weighted by molar-refractivity contribution is -0.314. The van der Waals surface area contributed by atoms with Crippen LogP contribution in [0.2, 0.25) is 0 Å². The van der Waals surface area contributed by atoms with E-state index in [1.807, 2.05) is 0 Å². The third-order valence-corrected chi connectivity index (χ3v) is 3.91. The van der Waals surface area contributed by atoms with Crippen molar-refractivity contribution in [2.24, 2.45) is 0 Å². The van der Waals surface area contributed by atoms with Gasteiger partial charge in [0.1, 0.15) is 0 Å². The molecule has 0 aromatic rings. The second-order valence-electron chi connectivity index (χ2n) is 5.15. The zero-order valence-corrected chi connectivity index (χ0v) is 10.2. The standard InChI is InChI=1S/C11H12F6O3/c12-10(13,14)8(3-1-4-8)19-7(18)20-9(5-2-6-9)11(15,16)17/h1-6H2. The SMILES string of the molecule is O=C(OC1(C(F)(F)F)CCC1)OC1(C(F)(F)F)CCC1. The lowest BCUT2D eigenvalue weighted by Gasteiger charge is -2.44. The Hall–Kier alpha value is -1.15. The number of halogens is 6. The Morgan fingerprint density at radius 2 is 1.05 bits per heavy atom. The molecule has 0 N–H and O–H groups in total. The molecule has 0 heterocycles. The molecule has 0 amide bonds. The van der Waals surface area contributed by atoms with Crippen LogP contribution in [0.25, 0.3) is 0 Å². The normalized spacial score (nSPS) is 24.3. The van der Waals surface area contributed by atoms with E-state index in [-0.39, 0.29) is 12.8 Å². The fourth-order valence-corrected chi connectivity index (χ4v) is 2.22. The average molecular weight is 306 g/mol. The van der Waals surface area contributed by atoms with Gasteiger partial charge in [0.2, 0.25) is 11.2 Å². The molecule has 2 saturated carbocycles. The number of hydrogen-bond acceptors (Lipinski definition) is 3. The van der Waals surface area contributed by atoms with Gasteiger partial charge in [0, 0.05) is 0 Å². The van der Waals surface area contributed by atoms with Crippen LogP contribution in [0.4, 0.5) is 31.1 Å². The van der Waals surface area contributed by atoms with Crippen molar-refractivity contribution in [3.8, 4) is 0 Å². The summed E-state index contributed by atoms with van der Waals surface area (Å²) < 4.78 is 84.7. The predicted molar refractivity (Wildman–Crippen MR) is 52.8 cm³/mol. The van der Waals surface area contributed by atoms with E-state index in [9.17, 15) is 31.1 Å². The van der Waals surface area contributed by atoms with Gasteiger partial charge in [-0.3, -0.25) is 0 Å². The van der Waals surface area contributed by atoms with Crippen LogP contribution in [0.15, 0.2) is 0 Å². The molecule has 0 bridgehead atoms. The molecule has 0 aromatic carbocycles. The minimum absolute atomic E-state index is 0.192. The molecule has 0 radical (unpaired) electrons. The molecule has 9 heteroatoms. The van der Waals surface area contributed by atoms with Crippen molar-refractivity contribution in [1.82, 2.24) is 0 Å². The van der Waals surface area contributed by atoms with Gasteiger partial charge >= 0.3 is 18.5 Å². The molecule has 0 aliphatic heterocycles. The van der Waals surface area contributed by atoms with Gasteiger partial charge < -0.3 is 9.47 Å². The highest BCUT2D eigenvalue weighted by atomic mass is 19.4. The van der Waals surface area contributed by atoms with Crippen LogP contribution in [-0.2, 0) is 9.47 Å². The van der Waals surface area contributed by atoms with Crippen LogP contribution in [0.1, 0.15) is 38.5 Å². The van der Waals surface area contributed by atoms with E-state index in [0.717, 1.165) is 0 Å². The number of carbonyl (C=O) groups excluding carboxylic acids is 1. The molecule has 3 nitrogen and oxygen atoms in total. The lowest BCUT2D eigenvalue weighted by Crippen LogP contribution is -2.58. The Kier molecular flexibility index (Phi) is 3.37. The minimum Gasteiger partial charge on any atom is -0.418 e. The Morgan fingerprint density at radius 1 is 0.750 bits per heavy atom. The van der Waals surface area contributed by atoms with Gasteiger partial charge in [-0.15, -0.1) is 0 Å². The maximum absolute atomic E-state index is 12.7. The van der Waals surface area contributed by atoms with Crippen LogP contribution in [0.5, 0.6) is 0 Å². The second kappa shape index (κ2) is 4.42. The third kappa shape index (κ3) is 2.31. The molecule has 0 atom stereocenters. The van der Waals surface area contributed by atoms with Crippen LogP contribution in [-0.4, -0.2) is 29.7 Å². The van der Waals surface area contributed by atoms with Crippen molar-refractivity contribution in [3.05, 3.63) is 0 Å². The highest BCUT2D eigenvalue weighted by molar-refractivity contribution is 5.62. The molecule has 0 spiro atoms. The van der Waals surface area contributed by atoms with Gasteiger partial charge in [0.15, 0.2) is 0 Å².